The van der Waals surface area contributed by atoms with Crippen molar-refractivity contribution in [1.82, 2.24) is 5.32 Å². The Kier molecular flexibility index (Phi) is 5.36. The van der Waals surface area contributed by atoms with Gasteiger partial charge in [-0.2, -0.15) is 0 Å². The molecule has 0 radical (unpaired) electrons. The van der Waals surface area contributed by atoms with Crippen molar-refractivity contribution in [1.29, 1.82) is 0 Å². The Balaban J connectivity index is 2.66. The van der Waals surface area contributed by atoms with Gasteiger partial charge in [0, 0.05) is 26.7 Å². The lowest BCUT2D eigenvalue weighted by Gasteiger charge is -2.39. The lowest BCUT2D eigenvalue weighted by molar-refractivity contribution is -0.153. The normalized spacial score (nSPS) is 29.5. The molecule has 5 nitrogen and oxygen atoms in total. The number of nitrogens with one attached hydrogen (secondary N) is 1. The van der Waals surface area contributed by atoms with E-state index in [1.54, 1.807) is 7.11 Å². The number of carboxylic acid groups (broad SMARTS) is 1. The first-order chi connectivity index (χ1) is 8.02. The Hall–Kier alpha value is -0.650. The van der Waals surface area contributed by atoms with Crippen molar-refractivity contribution in [2.75, 3.05) is 26.9 Å². The molecule has 2 N–H and O–H groups in total. The van der Waals surface area contributed by atoms with Gasteiger partial charge in [0.05, 0.1) is 12.7 Å². The molecule has 5 heteroatoms. The molecule has 0 bridgehead atoms. The zero-order valence-electron chi connectivity index (χ0n) is 10.9. The van der Waals surface area contributed by atoms with Crippen LogP contribution in [0, 0.1) is 5.92 Å². The summed E-state index contributed by atoms with van der Waals surface area (Å²) in [5.74, 6) is -0.458. The summed E-state index contributed by atoms with van der Waals surface area (Å²) >= 11 is 0. The van der Waals surface area contributed by atoms with Crippen LogP contribution in [-0.4, -0.2) is 49.6 Å². The number of carbonyl (C=O) groups is 1. The summed E-state index contributed by atoms with van der Waals surface area (Å²) in [5, 5.41) is 12.5. The van der Waals surface area contributed by atoms with E-state index in [1.807, 2.05) is 0 Å². The second kappa shape index (κ2) is 6.33. The summed E-state index contributed by atoms with van der Waals surface area (Å²) in [6.45, 7) is 5.67. The number of rotatable bonds is 6. The van der Waals surface area contributed by atoms with Crippen LogP contribution in [-0.2, 0) is 14.3 Å². The number of hydrogen-bond acceptors (Lipinski definition) is 4. The van der Waals surface area contributed by atoms with Gasteiger partial charge in [0.2, 0.25) is 0 Å². The Morgan fingerprint density at radius 2 is 2.35 bits per heavy atom. The second-order valence-corrected chi connectivity index (χ2v) is 4.91. The zero-order chi connectivity index (χ0) is 12.9. The predicted molar refractivity (Wildman–Crippen MR) is 64.1 cm³/mol. The van der Waals surface area contributed by atoms with Gasteiger partial charge in [0.1, 0.15) is 5.54 Å². The minimum atomic E-state index is -0.855. The molecule has 0 saturated carbocycles. The van der Waals surface area contributed by atoms with Gasteiger partial charge >= 0.3 is 5.97 Å². The molecule has 0 aromatic carbocycles. The molecular formula is C12H23NO4. The number of hydrogen-bond donors (Lipinski definition) is 2. The van der Waals surface area contributed by atoms with Crippen molar-refractivity contribution in [2.45, 2.75) is 38.3 Å². The molecule has 1 fully saturated rings. The highest BCUT2D eigenvalue weighted by atomic mass is 16.5. The smallest absolute Gasteiger partial charge is 0.324 e. The third kappa shape index (κ3) is 3.66. The summed E-state index contributed by atoms with van der Waals surface area (Å²) in [5.41, 5.74) is -0.855. The SMILES string of the molecule is COCCNC1(C(=O)O)CCOC(C(C)C)C1. The van der Waals surface area contributed by atoms with E-state index in [0.717, 1.165) is 0 Å². The zero-order valence-corrected chi connectivity index (χ0v) is 10.9. The maximum atomic E-state index is 11.5. The lowest BCUT2D eigenvalue weighted by atomic mass is 9.83. The van der Waals surface area contributed by atoms with Gasteiger partial charge in [0.15, 0.2) is 0 Å². The first kappa shape index (κ1) is 14.4. The molecule has 1 aliphatic rings. The fourth-order valence-corrected chi connectivity index (χ4v) is 2.14. The van der Waals surface area contributed by atoms with Crippen LogP contribution in [0.25, 0.3) is 0 Å². The predicted octanol–water partition coefficient (Wildman–Crippen LogP) is 0.881. The molecule has 1 heterocycles. The fourth-order valence-electron chi connectivity index (χ4n) is 2.14. The van der Waals surface area contributed by atoms with Crippen LogP contribution in [0.1, 0.15) is 26.7 Å². The molecule has 0 amide bonds. The van der Waals surface area contributed by atoms with Crippen LogP contribution in [0.2, 0.25) is 0 Å². The van der Waals surface area contributed by atoms with Crippen molar-refractivity contribution in [3.63, 3.8) is 0 Å². The highest BCUT2D eigenvalue weighted by Gasteiger charge is 2.43. The number of ether oxygens (including phenoxy) is 2. The Morgan fingerprint density at radius 3 is 2.88 bits per heavy atom. The van der Waals surface area contributed by atoms with Crippen LogP contribution < -0.4 is 5.32 Å². The maximum Gasteiger partial charge on any atom is 0.324 e. The maximum absolute atomic E-state index is 11.5. The van der Waals surface area contributed by atoms with Crippen molar-refractivity contribution < 1.29 is 19.4 Å². The van der Waals surface area contributed by atoms with E-state index >= 15 is 0 Å². The van der Waals surface area contributed by atoms with E-state index in [-0.39, 0.29) is 6.10 Å². The van der Waals surface area contributed by atoms with Gasteiger partial charge in [-0.1, -0.05) is 13.8 Å². The second-order valence-electron chi connectivity index (χ2n) is 4.91. The average molecular weight is 245 g/mol. The average Bonchev–Trinajstić information content (AvgIpc) is 2.29. The van der Waals surface area contributed by atoms with Crippen LogP contribution in [0.3, 0.4) is 0 Å². The molecule has 17 heavy (non-hydrogen) atoms. The first-order valence-electron chi connectivity index (χ1n) is 6.11. The van der Waals surface area contributed by atoms with E-state index in [9.17, 15) is 9.90 Å². The fraction of sp³-hybridized carbons (Fsp3) is 0.917. The lowest BCUT2D eigenvalue weighted by Crippen LogP contribution is -2.58. The van der Waals surface area contributed by atoms with Crippen molar-refractivity contribution in [3.05, 3.63) is 0 Å². The summed E-state index contributed by atoms with van der Waals surface area (Å²) in [7, 11) is 1.61. The van der Waals surface area contributed by atoms with E-state index in [1.165, 1.54) is 0 Å². The Labute approximate surface area is 102 Å². The van der Waals surface area contributed by atoms with Crippen LogP contribution in [0.5, 0.6) is 0 Å². The van der Waals surface area contributed by atoms with Crippen LogP contribution in [0.15, 0.2) is 0 Å². The molecule has 0 aromatic rings. The summed E-state index contributed by atoms with van der Waals surface area (Å²) in [4.78, 5) is 11.5. The third-order valence-electron chi connectivity index (χ3n) is 3.33. The summed E-state index contributed by atoms with van der Waals surface area (Å²) < 4.78 is 10.6. The van der Waals surface area contributed by atoms with E-state index < -0.39 is 11.5 Å². The van der Waals surface area contributed by atoms with Crippen molar-refractivity contribution in [2.24, 2.45) is 5.92 Å². The topological polar surface area (TPSA) is 67.8 Å². The van der Waals surface area contributed by atoms with Gasteiger partial charge in [0.25, 0.3) is 0 Å². The molecule has 1 saturated heterocycles. The van der Waals surface area contributed by atoms with Gasteiger partial charge < -0.3 is 14.6 Å². The number of methoxy groups -OCH3 is 1. The standard InChI is InChI=1S/C12H23NO4/c1-9(2)10-8-12(11(14)15,4-6-17-10)13-5-7-16-3/h9-10,13H,4-8H2,1-3H3,(H,14,15). The van der Waals surface area contributed by atoms with Gasteiger partial charge in [-0.15, -0.1) is 0 Å². The van der Waals surface area contributed by atoms with E-state index in [0.29, 0.717) is 38.5 Å². The monoisotopic (exact) mass is 245 g/mol. The third-order valence-corrected chi connectivity index (χ3v) is 3.33. The first-order valence-corrected chi connectivity index (χ1v) is 6.11. The molecule has 2 atom stereocenters. The quantitative estimate of drug-likeness (QED) is 0.680. The Morgan fingerprint density at radius 1 is 1.65 bits per heavy atom. The highest BCUT2D eigenvalue weighted by Crippen LogP contribution is 2.28. The Bertz CT molecular complexity index is 257. The van der Waals surface area contributed by atoms with E-state index in [4.69, 9.17) is 9.47 Å². The summed E-state index contributed by atoms with van der Waals surface area (Å²) in [6, 6.07) is 0. The minimum Gasteiger partial charge on any atom is -0.480 e. The van der Waals surface area contributed by atoms with Crippen molar-refractivity contribution >= 4 is 5.97 Å². The molecular weight excluding hydrogens is 222 g/mol. The van der Waals surface area contributed by atoms with Gasteiger partial charge in [-0.25, -0.2) is 0 Å². The molecule has 1 aliphatic heterocycles. The summed E-state index contributed by atoms with van der Waals surface area (Å²) in [6.07, 6.45) is 1.04. The molecule has 0 aromatic heterocycles. The van der Waals surface area contributed by atoms with Crippen LogP contribution in [0.4, 0.5) is 0 Å². The largest absolute Gasteiger partial charge is 0.480 e. The molecule has 100 valence electrons. The van der Waals surface area contributed by atoms with Gasteiger partial charge in [-0.3, -0.25) is 10.1 Å². The highest BCUT2D eigenvalue weighted by molar-refractivity contribution is 5.79. The number of carboxylic acids is 1. The molecule has 1 rings (SSSR count). The number of aliphatic carboxylic acids is 1. The van der Waals surface area contributed by atoms with Crippen molar-refractivity contribution in [3.8, 4) is 0 Å². The van der Waals surface area contributed by atoms with Gasteiger partial charge in [-0.05, 0) is 12.3 Å². The molecule has 2 unspecified atom stereocenters. The molecule has 0 aliphatic carbocycles. The van der Waals surface area contributed by atoms with E-state index in [2.05, 4.69) is 19.2 Å². The van der Waals surface area contributed by atoms with Crippen LogP contribution >= 0.6 is 0 Å². The minimum absolute atomic E-state index is 0.00916. The molecule has 0 spiro atoms.